The SMILES string of the molecule is CCc1cccc2c3c([nH]c12)C(CC)(CC(=O)O)OCC3.NNC(N)=S. The Kier molecular flexibility index (Phi) is 6.57. The first-order chi connectivity index (χ1) is 12.4. The van der Waals surface area contributed by atoms with Crippen LogP contribution in [0.25, 0.3) is 10.9 Å². The van der Waals surface area contributed by atoms with Crippen LogP contribution in [-0.4, -0.2) is 27.8 Å². The highest BCUT2D eigenvalue weighted by atomic mass is 32.1. The summed E-state index contributed by atoms with van der Waals surface area (Å²) >= 11 is 4.24. The molecule has 8 heteroatoms. The molecule has 1 aliphatic heterocycles. The molecule has 0 fully saturated rings. The molecule has 3 rings (SSSR count). The number of aromatic nitrogens is 1. The molecule has 1 atom stereocenters. The average Bonchev–Trinajstić information content (AvgIpc) is 3.02. The van der Waals surface area contributed by atoms with E-state index in [0.717, 1.165) is 24.1 Å². The molecule has 1 aromatic heterocycles. The van der Waals surface area contributed by atoms with Gasteiger partial charge in [0.15, 0.2) is 5.11 Å². The van der Waals surface area contributed by atoms with Crippen LogP contribution in [0.1, 0.15) is 43.5 Å². The number of thiocarbonyl (C=S) groups is 1. The van der Waals surface area contributed by atoms with Gasteiger partial charge >= 0.3 is 5.97 Å². The Morgan fingerprint density at radius 2 is 2.15 bits per heavy atom. The van der Waals surface area contributed by atoms with E-state index in [1.807, 2.05) is 12.3 Å². The molecule has 0 amide bonds. The van der Waals surface area contributed by atoms with Gasteiger partial charge in [-0.25, -0.2) is 5.84 Å². The molecule has 0 saturated carbocycles. The third kappa shape index (κ3) is 3.98. The Hall–Kier alpha value is -2.16. The first kappa shape index (κ1) is 20.2. The van der Waals surface area contributed by atoms with Crippen molar-refractivity contribution in [3.8, 4) is 0 Å². The molecule has 7 nitrogen and oxygen atoms in total. The van der Waals surface area contributed by atoms with Gasteiger partial charge in [-0.3, -0.25) is 4.79 Å². The molecular weight excluding hydrogens is 352 g/mol. The van der Waals surface area contributed by atoms with E-state index in [1.165, 1.54) is 16.5 Å². The Bertz CT molecular complexity index is 805. The quantitative estimate of drug-likeness (QED) is 0.313. The van der Waals surface area contributed by atoms with Crippen LogP contribution < -0.4 is 17.0 Å². The molecule has 0 aliphatic carbocycles. The summed E-state index contributed by atoms with van der Waals surface area (Å²) < 4.78 is 5.94. The fourth-order valence-electron chi connectivity index (χ4n) is 3.49. The number of aliphatic carboxylic acids is 1. The van der Waals surface area contributed by atoms with Crippen molar-refractivity contribution in [1.82, 2.24) is 10.4 Å². The van der Waals surface area contributed by atoms with Crippen molar-refractivity contribution in [3.05, 3.63) is 35.0 Å². The summed E-state index contributed by atoms with van der Waals surface area (Å²) in [6, 6.07) is 6.32. The van der Waals surface area contributed by atoms with Crippen LogP contribution in [0.3, 0.4) is 0 Å². The van der Waals surface area contributed by atoms with Crippen LogP contribution in [0.2, 0.25) is 0 Å². The number of nitrogens with two attached hydrogens (primary N) is 2. The third-order valence-corrected chi connectivity index (χ3v) is 4.86. The second-order valence-corrected chi connectivity index (χ2v) is 6.64. The summed E-state index contributed by atoms with van der Waals surface area (Å²) in [6.07, 6.45) is 2.45. The van der Waals surface area contributed by atoms with E-state index < -0.39 is 11.6 Å². The maximum Gasteiger partial charge on any atom is 0.306 e. The van der Waals surface area contributed by atoms with E-state index in [9.17, 15) is 9.90 Å². The number of fused-ring (bicyclic) bond motifs is 3. The number of nitrogens with one attached hydrogen (secondary N) is 2. The molecule has 1 aliphatic rings. The van der Waals surface area contributed by atoms with Crippen molar-refractivity contribution in [2.45, 2.75) is 45.1 Å². The number of carboxylic acid groups (broad SMARTS) is 1. The number of ether oxygens (including phenoxy) is 1. The summed E-state index contributed by atoms with van der Waals surface area (Å²) in [4.78, 5) is 14.8. The second kappa shape index (κ2) is 8.48. The van der Waals surface area contributed by atoms with E-state index >= 15 is 0 Å². The van der Waals surface area contributed by atoms with Crippen molar-refractivity contribution in [2.75, 3.05) is 6.61 Å². The van der Waals surface area contributed by atoms with Crippen molar-refractivity contribution in [1.29, 1.82) is 0 Å². The summed E-state index contributed by atoms with van der Waals surface area (Å²) in [7, 11) is 0. The van der Waals surface area contributed by atoms with Crippen LogP contribution in [0.5, 0.6) is 0 Å². The van der Waals surface area contributed by atoms with Crippen LogP contribution in [0.4, 0.5) is 0 Å². The monoisotopic (exact) mass is 378 g/mol. The molecular formula is C18H26N4O3S. The van der Waals surface area contributed by atoms with Gasteiger partial charge in [0.2, 0.25) is 0 Å². The number of rotatable bonds is 4. The number of para-hydroxylation sites is 1. The van der Waals surface area contributed by atoms with Gasteiger partial charge < -0.3 is 26.0 Å². The molecule has 2 aromatic rings. The van der Waals surface area contributed by atoms with Crippen LogP contribution in [0.15, 0.2) is 18.2 Å². The summed E-state index contributed by atoms with van der Waals surface area (Å²) in [5.41, 5.74) is 10.7. The zero-order valence-electron chi connectivity index (χ0n) is 15.1. The Morgan fingerprint density at radius 1 is 1.46 bits per heavy atom. The fourth-order valence-corrected chi connectivity index (χ4v) is 3.49. The van der Waals surface area contributed by atoms with Gasteiger partial charge in [-0.15, -0.1) is 0 Å². The fraction of sp³-hybridized carbons (Fsp3) is 0.444. The predicted octanol–water partition coefficient (Wildman–Crippen LogP) is 2.08. The molecule has 0 spiro atoms. The normalized spacial score (nSPS) is 18.6. The molecule has 1 aromatic carbocycles. The number of carboxylic acids is 1. The number of carbonyl (C=O) groups is 1. The largest absolute Gasteiger partial charge is 0.481 e. The van der Waals surface area contributed by atoms with Gasteiger partial charge in [0.05, 0.1) is 18.7 Å². The van der Waals surface area contributed by atoms with Gasteiger partial charge in [0.25, 0.3) is 0 Å². The zero-order chi connectivity index (χ0) is 19.3. The maximum absolute atomic E-state index is 11.3. The van der Waals surface area contributed by atoms with Crippen LogP contribution in [0, 0.1) is 0 Å². The Balaban J connectivity index is 0.000000431. The number of hydrogen-bond acceptors (Lipinski definition) is 4. The van der Waals surface area contributed by atoms with Crippen molar-refractivity contribution in [3.63, 3.8) is 0 Å². The highest BCUT2D eigenvalue weighted by Gasteiger charge is 2.40. The topological polar surface area (TPSA) is 126 Å². The lowest BCUT2D eigenvalue weighted by molar-refractivity contribution is -0.148. The molecule has 0 bridgehead atoms. The van der Waals surface area contributed by atoms with E-state index in [4.69, 9.17) is 10.5 Å². The van der Waals surface area contributed by atoms with E-state index in [1.54, 1.807) is 0 Å². The first-order valence-electron chi connectivity index (χ1n) is 8.63. The van der Waals surface area contributed by atoms with Crippen molar-refractivity contribution in [2.24, 2.45) is 11.6 Å². The number of H-pyrrole nitrogens is 1. The highest BCUT2D eigenvalue weighted by molar-refractivity contribution is 7.80. The zero-order valence-corrected chi connectivity index (χ0v) is 15.9. The number of hydrazine groups is 1. The van der Waals surface area contributed by atoms with E-state index in [2.05, 4.69) is 48.2 Å². The summed E-state index contributed by atoms with van der Waals surface area (Å²) in [6.45, 7) is 4.71. The van der Waals surface area contributed by atoms with Crippen LogP contribution in [-0.2, 0) is 28.0 Å². The molecule has 142 valence electrons. The lowest BCUT2D eigenvalue weighted by Gasteiger charge is -2.35. The average molecular weight is 378 g/mol. The van der Waals surface area contributed by atoms with Gasteiger partial charge in [-0.05, 0) is 42.6 Å². The number of aryl methyl sites for hydroxylation is 1. The summed E-state index contributed by atoms with van der Waals surface area (Å²) in [5, 5.41) is 10.6. The minimum Gasteiger partial charge on any atom is -0.481 e. The number of benzene rings is 1. The number of aromatic amines is 1. The molecule has 0 radical (unpaired) electrons. The molecule has 2 heterocycles. The van der Waals surface area contributed by atoms with Gasteiger partial charge in [-0.1, -0.05) is 32.0 Å². The van der Waals surface area contributed by atoms with E-state index in [0.29, 0.717) is 13.0 Å². The maximum atomic E-state index is 11.3. The lowest BCUT2D eigenvalue weighted by Crippen LogP contribution is -2.37. The highest BCUT2D eigenvalue weighted by Crippen LogP contribution is 2.42. The number of hydrogen-bond donors (Lipinski definition) is 5. The Labute approximate surface area is 158 Å². The second-order valence-electron chi connectivity index (χ2n) is 6.20. The smallest absolute Gasteiger partial charge is 0.306 e. The lowest BCUT2D eigenvalue weighted by atomic mass is 9.86. The van der Waals surface area contributed by atoms with Crippen molar-refractivity contribution >= 4 is 34.2 Å². The first-order valence-corrected chi connectivity index (χ1v) is 9.04. The van der Waals surface area contributed by atoms with Crippen molar-refractivity contribution < 1.29 is 14.6 Å². The minimum absolute atomic E-state index is 0.00474. The predicted molar refractivity (Wildman–Crippen MR) is 106 cm³/mol. The summed E-state index contributed by atoms with van der Waals surface area (Å²) in [5.74, 6) is 3.83. The van der Waals surface area contributed by atoms with Gasteiger partial charge in [0, 0.05) is 10.9 Å². The standard InChI is InChI=1S/C17H21NO3.CH5N3S/c1-3-11-6-5-7-12-13-8-9-21-17(4-2,10-14(19)20)16(13)18-15(11)12;2-1(5)4-3/h5-7,18H,3-4,8-10H2,1-2H3,(H,19,20);3H2,(H3,2,4,5). The molecule has 7 N–H and O–H groups in total. The molecule has 1 unspecified atom stereocenters. The van der Waals surface area contributed by atoms with Crippen LogP contribution >= 0.6 is 12.2 Å². The van der Waals surface area contributed by atoms with E-state index in [-0.39, 0.29) is 11.5 Å². The minimum atomic E-state index is -0.820. The van der Waals surface area contributed by atoms with Gasteiger partial charge in [-0.2, -0.15) is 0 Å². The van der Waals surface area contributed by atoms with Gasteiger partial charge in [0.1, 0.15) is 5.60 Å². The Morgan fingerprint density at radius 3 is 2.69 bits per heavy atom. The molecule has 0 saturated heterocycles. The third-order valence-electron chi connectivity index (χ3n) is 4.74. The molecule has 26 heavy (non-hydrogen) atoms.